The van der Waals surface area contributed by atoms with Crippen LogP contribution in [0.1, 0.15) is 26.4 Å². The standard InChI is InChI=1S/C22H17Cl2FN4O2S/c1-13-6-17(4-5-18(13)23)31-10-14-7-20(32-11-14)21(30)27-22-26-12-29(28-22)9-15-2-3-16(25)8-19(15)24/h2-8,11-12H,9-10H2,1H3,(H,27,28,30). The SMILES string of the molecule is Cc1cc(OCc2csc(C(=O)Nc3ncn(Cc4ccc(F)cc4Cl)n3)c2)ccc1Cl. The van der Waals surface area contributed by atoms with Crippen LogP contribution >= 0.6 is 34.5 Å². The number of anilines is 1. The molecular weight excluding hydrogens is 474 g/mol. The summed E-state index contributed by atoms with van der Waals surface area (Å²) in [6, 6.07) is 11.4. The van der Waals surface area contributed by atoms with E-state index in [1.807, 2.05) is 18.4 Å². The Labute approximate surface area is 197 Å². The number of hydrogen-bond acceptors (Lipinski definition) is 5. The Kier molecular flexibility index (Phi) is 6.74. The first-order valence-electron chi connectivity index (χ1n) is 9.48. The molecule has 0 spiro atoms. The van der Waals surface area contributed by atoms with Crippen molar-refractivity contribution < 1.29 is 13.9 Å². The normalized spacial score (nSPS) is 10.9. The number of benzene rings is 2. The van der Waals surface area contributed by atoms with E-state index in [-0.39, 0.29) is 11.9 Å². The first-order valence-corrected chi connectivity index (χ1v) is 11.1. The van der Waals surface area contributed by atoms with E-state index >= 15 is 0 Å². The van der Waals surface area contributed by atoms with Gasteiger partial charge < -0.3 is 4.74 Å². The minimum absolute atomic E-state index is 0.163. The van der Waals surface area contributed by atoms with E-state index in [9.17, 15) is 9.18 Å². The summed E-state index contributed by atoms with van der Waals surface area (Å²) in [6.07, 6.45) is 1.47. The van der Waals surface area contributed by atoms with E-state index in [0.717, 1.165) is 11.1 Å². The fourth-order valence-electron chi connectivity index (χ4n) is 2.86. The number of amides is 1. The lowest BCUT2D eigenvalue weighted by Crippen LogP contribution is -2.12. The van der Waals surface area contributed by atoms with Crippen LogP contribution in [0.5, 0.6) is 5.75 Å². The molecule has 2 aromatic heterocycles. The highest BCUT2D eigenvalue weighted by molar-refractivity contribution is 7.12. The molecular formula is C22H17Cl2FN4O2S. The predicted octanol–water partition coefficient (Wildman–Crippen LogP) is 5.97. The molecule has 164 valence electrons. The lowest BCUT2D eigenvalue weighted by molar-refractivity contribution is 0.102. The zero-order valence-corrected chi connectivity index (χ0v) is 19.1. The van der Waals surface area contributed by atoms with Crippen molar-refractivity contribution in [3.63, 3.8) is 0 Å². The predicted molar refractivity (Wildman–Crippen MR) is 123 cm³/mol. The van der Waals surface area contributed by atoms with Crippen molar-refractivity contribution in [2.45, 2.75) is 20.1 Å². The highest BCUT2D eigenvalue weighted by atomic mass is 35.5. The van der Waals surface area contributed by atoms with Gasteiger partial charge >= 0.3 is 0 Å². The fourth-order valence-corrected chi connectivity index (χ4v) is 4.00. The number of carbonyl (C=O) groups excluding carboxylic acids is 1. The third-order valence-electron chi connectivity index (χ3n) is 4.52. The van der Waals surface area contributed by atoms with Gasteiger partial charge in [0, 0.05) is 15.6 Å². The molecule has 0 aliphatic heterocycles. The number of rotatable bonds is 7. The van der Waals surface area contributed by atoms with Gasteiger partial charge in [-0.2, -0.15) is 0 Å². The molecule has 0 radical (unpaired) electrons. The van der Waals surface area contributed by atoms with E-state index < -0.39 is 5.82 Å². The maximum atomic E-state index is 13.2. The van der Waals surface area contributed by atoms with Gasteiger partial charge in [0.1, 0.15) is 24.5 Å². The Bertz CT molecular complexity index is 1270. The molecule has 0 atom stereocenters. The number of hydrogen-bond donors (Lipinski definition) is 1. The molecule has 0 saturated heterocycles. The molecule has 0 unspecified atom stereocenters. The smallest absolute Gasteiger partial charge is 0.268 e. The molecule has 4 aromatic rings. The van der Waals surface area contributed by atoms with Crippen molar-refractivity contribution in [2.24, 2.45) is 0 Å². The average molecular weight is 491 g/mol. The van der Waals surface area contributed by atoms with Crippen LogP contribution < -0.4 is 10.1 Å². The fraction of sp³-hybridized carbons (Fsp3) is 0.136. The Balaban J connectivity index is 1.34. The number of aromatic nitrogens is 3. The third kappa shape index (κ3) is 5.45. The van der Waals surface area contributed by atoms with E-state index in [4.69, 9.17) is 27.9 Å². The van der Waals surface area contributed by atoms with Crippen LogP contribution in [0.15, 0.2) is 54.2 Å². The Morgan fingerprint density at radius 2 is 2.03 bits per heavy atom. The van der Waals surface area contributed by atoms with Gasteiger partial charge in [-0.3, -0.25) is 10.1 Å². The second-order valence-electron chi connectivity index (χ2n) is 6.97. The van der Waals surface area contributed by atoms with Gasteiger partial charge in [0.25, 0.3) is 5.91 Å². The van der Waals surface area contributed by atoms with Crippen molar-refractivity contribution in [1.29, 1.82) is 0 Å². The minimum atomic E-state index is -0.408. The van der Waals surface area contributed by atoms with Crippen molar-refractivity contribution >= 4 is 46.4 Å². The maximum absolute atomic E-state index is 13.2. The molecule has 10 heteroatoms. The summed E-state index contributed by atoms with van der Waals surface area (Å²) in [6.45, 7) is 2.54. The second-order valence-corrected chi connectivity index (χ2v) is 8.70. The molecule has 0 fully saturated rings. The summed E-state index contributed by atoms with van der Waals surface area (Å²) >= 11 is 13.4. The van der Waals surface area contributed by atoms with E-state index in [1.54, 1.807) is 24.3 Å². The summed E-state index contributed by atoms with van der Waals surface area (Å²) in [5.74, 6) is 0.145. The van der Waals surface area contributed by atoms with Crippen molar-refractivity contribution in [1.82, 2.24) is 14.8 Å². The first kappa shape index (κ1) is 22.3. The Morgan fingerprint density at radius 1 is 1.19 bits per heavy atom. The average Bonchev–Trinajstić information content (AvgIpc) is 3.40. The third-order valence-corrected chi connectivity index (χ3v) is 6.28. The van der Waals surface area contributed by atoms with Crippen LogP contribution in [0.3, 0.4) is 0 Å². The molecule has 0 saturated carbocycles. The molecule has 0 aliphatic rings. The quantitative estimate of drug-likeness (QED) is 0.346. The lowest BCUT2D eigenvalue weighted by Gasteiger charge is -2.06. The summed E-state index contributed by atoms with van der Waals surface area (Å²) in [5.41, 5.74) is 2.50. The maximum Gasteiger partial charge on any atom is 0.268 e. The number of nitrogens with zero attached hydrogens (tertiary/aromatic N) is 3. The van der Waals surface area contributed by atoms with Crippen molar-refractivity contribution in [3.05, 3.63) is 91.6 Å². The Morgan fingerprint density at radius 3 is 2.81 bits per heavy atom. The highest BCUT2D eigenvalue weighted by Crippen LogP contribution is 2.23. The number of aryl methyl sites for hydroxylation is 1. The molecule has 2 heterocycles. The number of nitrogens with one attached hydrogen (secondary N) is 1. The molecule has 6 nitrogen and oxygen atoms in total. The van der Waals surface area contributed by atoms with Crippen molar-refractivity contribution in [3.8, 4) is 5.75 Å². The Hall–Kier alpha value is -2.94. The van der Waals surface area contributed by atoms with Gasteiger partial charge in [0.2, 0.25) is 5.95 Å². The van der Waals surface area contributed by atoms with Crippen LogP contribution in [-0.2, 0) is 13.2 Å². The molecule has 1 amide bonds. The van der Waals surface area contributed by atoms with Crippen molar-refractivity contribution in [2.75, 3.05) is 5.32 Å². The largest absolute Gasteiger partial charge is 0.489 e. The summed E-state index contributed by atoms with van der Waals surface area (Å²) < 4.78 is 20.5. The van der Waals surface area contributed by atoms with E-state index in [2.05, 4.69) is 15.4 Å². The van der Waals surface area contributed by atoms with Gasteiger partial charge in [-0.1, -0.05) is 29.3 Å². The number of ether oxygens (including phenoxy) is 1. The van der Waals surface area contributed by atoms with Gasteiger partial charge in [0.15, 0.2) is 0 Å². The van der Waals surface area contributed by atoms with Gasteiger partial charge in [0.05, 0.1) is 11.4 Å². The van der Waals surface area contributed by atoms with Crippen LogP contribution in [0.4, 0.5) is 10.3 Å². The van der Waals surface area contributed by atoms with Gasteiger partial charge in [-0.15, -0.1) is 16.4 Å². The molecule has 0 bridgehead atoms. The van der Waals surface area contributed by atoms with E-state index in [0.29, 0.717) is 39.4 Å². The number of carbonyl (C=O) groups is 1. The van der Waals surface area contributed by atoms with Crippen LogP contribution in [0.25, 0.3) is 0 Å². The van der Waals surface area contributed by atoms with E-state index in [1.165, 1.54) is 34.5 Å². The molecule has 0 aliphatic carbocycles. The van der Waals surface area contributed by atoms with Gasteiger partial charge in [-0.05, 0) is 59.8 Å². The molecule has 1 N–H and O–H groups in total. The molecule has 32 heavy (non-hydrogen) atoms. The van der Waals surface area contributed by atoms with Crippen LogP contribution in [0.2, 0.25) is 10.0 Å². The molecule has 4 rings (SSSR count). The first-order chi connectivity index (χ1) is 15.4. The van der Waals surface area contributed by atoms with Crippen LogP contribution in [-0.4, -0.2) is 20.7 Å². The summed E-state index contributed by atoms with van der Waals surface area (Å²) in [7, 11) is 0. The zero-order valence-electron chi connectivity index (χ0n) is 16.8. The monoisotopic (exact) mass is 490 g/mol. The summed E-state index contributed by atoms with van der Waals surface area (Å²) in [4.78, 5) is 17.1. The summed E-state index contributed by atoms with van der Waals surface area (Å²) in [5, 5.41) is 9.74. The lowest BCUT2D eigenvalue weighted by atomic mass is 10.2. The minimum Gasteiger partial charge on any atom is -0.489 e. The zero-order chi connectivity index (χ0) is 22.7. The highest BCUT2D eigenvalue weighted by Gasteiger charge is 2.13. The number of halogens is 3. The topological polar surface area (TPSA) is 69.0 Å². The number of thiophene rings is 1. The molecule has 2 aromatic carbocycles. The second kappa shape index (κ2) is 9.68. The van der Waals surface area contributed by atoms with Gasteiger partial charge in [-0.25, -0.2) is 14.1 Å². The van der Waals surface area contributed by atoms with Crippen LogP contribution in [0, 0.1) is 12.7 Å².